The van der Waals surface area contributed by atoms with E-state index in [1.807, 2.05) is 0 Å². The van der Waals surface area contributed by atoms with Gasteiger partial charge in [-0.2, -0.15) is 0 Å². The number of anilines is 1. The predicted octanol–water partition coefficient (Wildman–Crippen LogP) is 3.31. The van der Waals surface area contributed by atoms with Gasteiger partial charge in [-0.3, -0.25) is 4.31 Å². The Morgan fingerprint density at radius 2 is 1.97 bits per heavy atom. The number of carbonyl (C=O) groups excluding carboxylic acids is 1. The first-order valence-corrected chi connectivity index (χ1v) is 11.4. The zero-order valence-electron chi connectivity index (χ0n) is 17.1. The van der Waals surface area contributed by atoms with E-state index in [1.165, 1.54) is 31.3 Å². The summed E-state index contributed by atoms with van der Waals surface area (Å²) >= 11 is 5.97. The summed E-state index contributed by atoms with van der Waals surface area (Å²) in [6.07, 6.45) is 1.87. The van der Waals surface area contributed by atoms with E-state index in [0.29, 0.717) is 23.1 Å². The molecule has 164 valence electrons. The molecule has 1 aromatic heterocycles. The van der Waals surface area contributed by atoms with Crippen LogP contribution in [-0.2, 0) is 27.9 Å². The average molecular weight is 464 g/mol. The van der Waals surface area contributed by atoms with Crippen molar-refractivity contribution in [1.29, 1.82) is 0 Å². The highest BCUT2D eigenvalue weighted by Crippen LogP contribution is 2.25. The van der Waals surface area contributed by atoms with Gasteiger partial charge in [0.15, 0.2) is 12.4 Å². The van der Waals surface area contributed by atoms with Gasteiger partial charge in [0.25, 0.3) is 10.0 Å². The maximum atomic E-state index is 13.0. The van der Waals surface area contributed by atoms with Gasteiger partial charge in [0.05, 0.1) is 16.1 Å². The highest BCUT2D eigenvalue weighted by Gasteiger charge is 2.23. The van der Waals surface area contributed by atoms with Crippen LogP contribution in [0.1, 0.15) is 35.9 Å². The molecule has 0 aliphatic heterocycles. The highest BCUT2D eigenvalue weighted by atomic mass is 35.5. The van der Waals surface area contributed by atoms with Gasteiger partial charge in [-0.25, -0.2) is 17.9 Å². The van der Waals surface area contributed by atoms with E-state index >= 15 is 0 Å². The lowest BCUT2D eigenvalue weighted by Gasteiger charge is -2.20. The number of tetrazole rings is 1. The van der Waals surface area contributed by atoms with Crippen molar-refractivity contribution in [2.24, 2.45) is 0 Å². The van der Waals surface area contributed by atoms with Crippen LogP contribution in [0.2, 0.25) is 5.02 Å². The Hall–Kier alpha value is -2.98. The molecule has 0 amide bonds. The van der Waals surface area contributed by atoms with Crippen LogP contribution in [0.3, 0.4) is 0 Å². The quantitative estimate of drug-likeness (QED) is 0.448. The van der Waals surface area contributed by atoms with E-state index in [2.05, 4.69) is 22.4 Å². The first kappa shape index (κ1) is 22.7. The lowest BCUT2D eigenvalue weighted by Crippen LogP contribution is -2.26. The summed E-state index contributed by atoms with van der Waals surface area (Å²) in [7, 11) is -2.49. The Balaban J connectivity index is 1.75. The Bertz CT molecular complexity index is 1170. The third-order valence-electron chi connectivity index (χ3n) is 4.56. The smallest absolute Gasteiger partial charge is 0.338 e. The fourth-order valence-electron chi connectivity index (χ4n) is 2.77. The molecular formula is C20H22ClN5O4S. The molecular weight excluding hydrogens is 442 g/mol. The van der Waals surface area contributed by atoms with Gasteiger partial charge in [0.2, 0.25) is 0 Å². The number of unbranched alkanes of at least 4 members (excludes halogenated alkanes) is 1. The maximum Gasteiger partial charge on any atom is 0.338 e. The molecule has 1 heterocycles. The summed E-state index contributed by atoms with van der Waals surface area (Å²) in [5.41, 5.74) is 0.507. The van der Waals surface area contributed by atoms with Gasteiger partial charge in [-0.15, -0.1) is 5.10 Å². The topological polar surface area (TPSA) is 107 Å². The van der Waals surface area contributed by atoms with Crippen LogP contribution in [0.4, 0.5) is 5.69 Å². The van der Waals surface area contributed by atoms with Crippen LogP contribution in [0.15, 0.2) is 53.4 Å². The highest BCUT2D eigenvalue weighted by molar-refractivity contribution is 7.92. The van der Waals surface area contributed by atoms with Gasteiger partial charge in [-0.1, -0.05) is 37.1 Å². The maximum absolute atomic E-state index is 13.0. The van der Waals surface area contributed by atoms with Crippen LogP contribution >= 0.6 is 11.6 Å². The molecule has 2 aromatic carbocycles. The molecule has 0 bridgehead atoms. The van der Waals surface area contributed by atoms with Crippen molar-refractivity contribution in [3.63, 3.8) is 0 Å². The number of carbonyl (C=O) groups is 1. The SMILES string of the molecule is CCCCn1nnnc1COC(=O)c1cccc(S(=O)(=O)N(C)c2cccc(Cl)c2)c1. The number of aromatic nitrogens is 4. The fraction of sp³-hybridized carbons (Fsp3) is 0.300. The minimum atomic E-state index is -3.91. The summed E-state index contributed by atoms with van der Waals surface area (Å²) in [6.45, 7) is 2.56. The summed E-state index contributed by atoms with van der Waals surface area (Å²) in [5.74, 6) is -0.251. The molecule has 9 nitrogen and oxygen atoms in total. The number of hydrogen-bond acceptors (Lipinski definition) is 7. The Labute approximate surface area is 185 Å². The molecule has 0 spiro atoms. The zero-order valence-corrected chi connectivity index (χ0v) is 18.7. The molecule has 0 saturated carbocycles. The van der Waals surface area contributed by atoms with E-state index < -0.39 is 16.0 Å². The summed E-state index contributed by atoms with van der Waals surface area (Å²) in [4.78, 5) is 12.5. The second-order valence-corrected chi connectivity index (χ2v) is 9.13. The first-order valence-electron chi connectivity index (χ1n) is 9.59. The number of aryl methyl sites for hydroxylation is 1. The largest absolute Gasteiger partial charge is 0.454 e. The second kappa shape index (κ2) is 9.88. The van der Waals surface area contributed by atoms with Crippen LogP contribution in [0, 0.1) is 0 Å². The molecule has 3 rings (SSSR count). The van der Waals surface area contributed by atoms with Gasteiger partial charge in [-0.05, 0) is 53.2 Å². The summed E-state index contributed by atoms with van der Waals surface area (Å²) in [5, 5.41) is 11.8. The van der Waals surface area contributed by atoms with Crippen molar-refractivity contribution >= 4 is 33.3 Å². The van der Waals surface area contributed by atoms with Gasteiger partial charge >= 0.3 is 5.97 Å². The average Bonchev–Trinajstić information content (AvgIpc) is 3.22. The number of sulfonamides is 1. The number of halogens is 1. The molecule has 11 heteroatoms. The number of esters is 1. The van der Waals surface area contributed by atoms with Crippen LogP contribution in [-0.4, -0.2) is 41.6 Å². The molecule has 0 N–H and O–H groups in total. The van der Waals surface area contributed by atoms with Crippen molar-refractivity contribution in [2.75, 3.05) is 11.4 Å². The summed E-state index contributed by atoms with van der Waals surface area (Å²) < 4.78 is 34.0. The lowest BCUT2D eigenvalue weighted by atomic mass is 10.2. The monoisotopic (exact) mass is 463 g/mol. The fourth-order valence-corrected chi connectivity index (χ4v) is 4.19. The Kier molecular flexibility index (Phi) is 7.24. The van der Waals surface area contributed by atoms with Crippen molar-refractivity contribution in [1.82, 2.24) is 20.2 Å². The van der Waals surface area contributed by atoms with Gasteiger partial charge in [0, 0.05) is 18.6 Å². The first-order chi connectivity index (χ1) is 14.8. The van der Waals surface area contributed by atoms with E-state index in [4.69, 9.17) is 16.3 Å². The number of hydrogen-bond donors (Lipinski definition) is 0. The minimum absolute atomic E-state index is 0.0443. The van der Waals surface area contributed by atoms with Crippen molar-refractivity contribution in [2.45, 2.75) is 37.8 Å². The van der Waals surface area contributed by atoms with Crippen molar-refractivity contribution in [3.05, 3.63) is 64.9 Å². The molecule has 0 saturated heterocycles. The summed E-state index contributed by atoms with van der Waals surface area (Å²) in [6, 6.07) is 12.1. The van der Waals surface area contributed by atoms with Gasteiger partial charge in [0.1, 0.15) is 0 Å². The second-order valence-electron chi connectivity index (χ2n) is 6.73. The van der Waals surface area contributed by atoms with E-state index in [1.54, 1.807) is 28.9 Å². The van der Waals surface area contributed by atoms with Crippen LogP contribution in [0.5, 0.6) is 0 Å². The molecule has 0 radical (unpaired) electrons. The third kappa shape index (κ3) is 5.39. The Morgan fingerprint density at radius 1 is 1.19 bits per heavy atom. The van der Waals surface area contributed by atoms with Crippen molar-refractivity contribution in [3.8, 4) is 0 Å². The molecule has 0 aliphatic rings. The van der Waals surface area contributed by atoms with Gasteiger partial charge < -0.3 is 4.74 Å². The molecule has 0 unspecified atom stereocenters. The van der Waals surface area contributed by atoms with Crippen LogP contribution < -0.4 is 4.31 Å². The molecule has 0 atom stereocenters. The molecule has 0 aliphatic carbocycles. The molecule has 3 aromatic rings. The predicted molar refractivity (Wildman–Crippen MR) is 115 cm³/mol. The normalized spacial score (nSPS) is 11.3. The van der Waals surface area contributed by atoms with Crippen molar-refractivity contribution < 1.29 is 17.9 Å². The van der Waals surface area contributed by atoms with E-state index in [-0.39, 0.29) is 17.1 Å². The number of ether oxygens (including phenoxy) is 1. The Morgan fingerprint density at radius 3 is 2.71 bits per heavy atom. The number of benzene rings is 2. The van der Waals surface area contributed by atoms with E-state index in [9.17, 15) is 13.2 Å². The molecule has 31 heavy (non-hydrogen) atoms. The minimum Gasteiger partial charge on any atom is -0.454 e. The molecule has 0 fully saturated rings. The lowest BCUT2D eigenvalue weighted by molar-refractivity contribution is 0.0456. The zero-order chi connectivity index (χ0) is 22.4. The number of rotatable bonds is 9. The van der Waals surface area contributed by atoms with E-state index in [0.717, 1.165) is 17.1 Å². The van der Waals surface area contributed by atoms with Crippen LogP contribution in [0.25, 0.3) is 0 Å². The number of nitrogens with zero attached hydrogens (tertiary/aromatic N) is 5. The third-order valence-corrected chi connectivity index (χ3v) is 6.58. The standard InChI is InChI=1S/C20H22ClN5O4S/c1-3-4-11-26-19(22-23-24-26)14-30-20(27)15-7-5-10-18(12-15)31(28,29)25(2)17-9-6-8-16(21)13-17/h5-10,12-13H,3-4,11,14H2,1-2H3.